The third-order valence-corrected chi connectivity index (χ3v) is 8.06. The van der Waals surface area contributed by atoms with E-state index in [9.17, 15) is 9.59 Å². The average molecular weight is 648 g/mol. The molecule has 240 valence electrons. The number of benzene rings is 1. The Morgan fingerprint density at radius 3 is 2.72 bits per heavy atom. The molecule has 11 nitrogen and oxygen atoms in total. The van der Waals surface area contributed by atoms with E-state index in [1.54, 1.807) is 42.7 Å². The molecule has 1 aliphatic rings. The number of aromatic nitrogens is 3. The van der Waals surface area contributed by atoms with Crippen molar-refractivity contribution < 1.29 is 23.8 Å². The van der Waals surface area contributed by atoms with Gasteiger partial charge in [-0.1, -0.05) is 29.8 Å². The van der Waals surface area contributed by atoms with E-state index < -0.39 is 5.82 Å². The van der Waals surface area contributed by atoms with Gasteiger partial charge in [-0.15, -0.1) is 0 Å². The minimum absolute atomic E-state index is 0.00675. The molecule has 4 aromatic rings. The summed E-state index contributed by atoms with van der Waals surface area (Å²) < 4.78 is 20.9. The van der Waals surface area contributed by atoms with Gasteiger partial charge in [-0.25, -0.2) is 9.37 Å². The number of hydrogen-bond donors (Lipinski definition) is 5. The van der Waals surface area contributed by atoms with Crippen LogP contribution >= 0.6 is 11.6 Å². The number of methoxy groups -OCH3 is 1. The number of hydrogen-bond acceptors (Lipinski definition) is 9. The molecule has 3 aromatic heterocycles. The molecule has 13 heteroatoms. The Morgan fingerprint density at radius 1 is 1.15 bits per heavy atom. The van der Waals surface area contributed by atoms with Crippen molar-refractivity contribution in [3.05, 3.63) is 88.1 Å². The number of carbonyl (C=O) groups is 2. The summed E-state index contributed by atoms with van der Waals surface area (Å²) in [6, 6.07) is 11.8. The van der Waals surface area contributed by atoms with Crippen LogP contribution in [-0.2, 0) is 17.9 Å². The van der Waals surface area contributed by atoms with Gasteiger partial charge in [-0.05, 0) is 42.7 Å². The van der Waals surface area contributed by atoms with Gasteiger partial charge in [0.1, 0.15) is 11.5 Å². The molecular formula is C33H35ClFN7O4. The lowest BCUT2D eigenvalue weighted by Gasteiger charge is -2.16. The fourth-order valence-corrected chi connectivity index (χ4v) is 5.52. The average Bonchev–Trinajstić information content (AvgIpc) is 3.48. The summed E-state index contributed by atoms with van der Waals surface area (Å²) in [6.45, 7) is 3.55. The molecule has 1 fully saturated rings. The molecule has 5 rings (SSSR count). The summed E-state index contributed by atoms with van der Waals surface area (Å²) in [5, 5.41) is 21.2. The second-order valence-electron chi connectivity index (χ2n) is 10.8. The van der Waals surface area contributed by atoms with Gasteiger partial charge in [-0.2, -0.15) is 0 Å². The van der Waals surface area contributed by atoms with E-state index in [1.807, 2.05) is 13.0 Å². The van der Waals surface area contributed by atoms with E-state index in [1.165, 1.54) is 13.2 Å². The highest BCUT2D eigenvalue weighted by Crippen LogP contribution is 2.38. The van der Waals surface area contributed by atoms with Crippen LogP contribution in [0.2, 0.25) is 5.02 Å². The van der Waals surface area contributed by atoms with E-state index in [0.717, 1.165) is 17.5 Å². The minimum Gasteiger partial charge on any atom is -0.481 e. The topological polar surface area (TPSA) is 150 Å². The van der Waals surface area contributed by atoms with Crippen LogP contribution in [0.5, 0.6) is 5.88 Å². The number of aliphatic hydroxyl groups excluding tert-OH is 1. The molecule has 5 N–H and O–H groups in total. The first-order valence-corrected chi connectivity index (χ1v) is 15.2. The van der Waals surface area contributed by atoms with Crippen LogP contribution in [0.25, 0.3) is 22.5 Å². The van der Waals surface area contributed by atoms with Crippen LogP contribution in [-0.4, -0.2) is 64.7 Å². The quantitative estimate of drug-likeness (QED) is 0.136. The first-order valence-electron chi connectivity index (χ1n) is 14.8. The molecule has 0 aliphatic carbocycles. The largest absolute Gasteiger partial charge is 0.481 e. The van der Waals surface area contributed by atoms with E-state index in [4.69, 9.17) is 21.4 Å². The zero-order chi connectivity index (χ0) is 32.6. The molecule has 1 aromatic carbocycles. The highest BCUT2D eigenvalue weighted by Gasteiger charge is 2.22. The molecule has 0 saturated carbocycles. The lowest BCUT2D eigenvalue weighted by molar-refractivity contribution is -0.119. The summed E-state index contributed by atoms with van der Waals surface area (Å²) >= 11 is 6.89. The number of nitrogens with one attached hydrogen (secondary N) is 4. The van der Waals surface area contributed by atoms with Crippen LogP contribution < -0.4 is 26.0 Å². The molecule has 0 radical (unpaired) electrons. The molecular weight excluding hydrogens is 613 g/mol. The summed E-state index contributed by atoms with van der Waals surface area (Å²) in [5.74, 6) is -0.748. The monoisotopic (exact) mass is 647 g/mol. The maximum absolute atomic E-state index is 15.4. The number of carbonyl (C=O) groups excluding carboxylic acids is 2. The fourth-order valence-electron chi connectivity index (χ4n) is 5.21. The number of ether oxygens (including phenoxy) is 1. The van der Waals surface area contributed by atoms with Crippen molar-refractivity contribution in [2.45, 2.75) is 38.9 Å². The van der Waals surface area contributed by atoms with Crippen molar-refractivity contribution in [3.63, 3.8) is 0 Å². The van der Waals surface area contributed by atoms with Gasteiger partial charge in [0.25, 0.3) is 5.91 Å². The maximum atomic E-state index is 15.4. The SMILES string of the molecule is COc1nc(-c2ccnc(-c3cccc(NC(=O)c4ccc(CNCCO)cn4)c3C)c2Cl)cc(F)c1CNC[C@@H]1CCC(=O)N1. The smallest absolute Gasteiger partial charge is 0.274 e. The summed E-state index contributed by atoms with van der Waals surface area (Å²) in [7, 11) is 1.43. The van der Waals surface area contributed by atoms with Gasteiger partial charge < -0.3 is 31.1 Å². The Hall–Kier alpha value is -4.49. The zero-order valence-electron chi connectivity index (χ0n) is 25.5. The molecule has 0 spiro atoms. The lowest BCUT2D eigenvalue weighted by atomic mass is 10.0. The minimum atomic E-state index is -0.511. The number of amides is 2. The normalized spacial score (nSPS) is 14.3. The molecule has 4 heterocycles. The Bertz CT molecular complexity index is 1720. The molecule has 2 amide bonds. The summed E-state index contributed by atoms with van der Waals surface area (Å²) in [6.07, 6.45) is 4.41. The Kier molecular flexibility index (Phi) is 10.9. The summed E-state index contributed by atoms with van der Waals surface area (Å²) in [5.41, 5.74) is 4.54. The predicted molar refractivity (Wildman–Crippen MR) is 173 cm³/mol. The van der Waals surface area contributed by atoms with Crippen molar-refractivity contribution in [1.29, 1.82) is 0 Å². The van der Waals surface area contributed by atoms with Gasteiger partial charge >= 0.3 is 0 Å². The first-order chi connectivity index (χ1) is 22.3. The van der Waals surface area contributed by atoms with Gasteiger partial charge in [-0.3, -0.25) is 19.6 Å². The number of anilines is 1. The standard InChI is InChI=1S/C33H35ClFN7O4/c1-19-22(4-3-5-26(19)41-32(45)27-8-6-20(16-39-27)15-36-12-13-43)31-30(34)23(10-11-38-31)28-14-25(35)24(33(42-28)46-2)18-37-17-21-7-9-29(44)40-21/h3-6,8,10-11,14,16,21,36-37,43H,7,9,12-13,15,17-18H2,1-2H3,(H,40,44)(H,41,45)/t21-/m0/s1. The number of nitrogens with zero attached hydrogens (tertiary/aromatic N) is 3. The van der Waals surface area contributed by atoms with E-state index in [0.29, 0.717) is 48.6 Å². The van der Waals surface area contributed by atoms with Gasteiger partial charge in [0.2, 0.25) is 11.8 Å². The second-order valence-corrected chi connectivity index (χ2v) is 11.2. The van der Waals surface area contributed by atoms with Crippen molar-refractivity contribution in [3.8, 4) is 28.4 Å². The summed E-state index contributed by atoms with van der Waals surface area (Å²) in [4.78, 5) is 37.8. The number of halogens is 2. The van der Waals surface area contributed by atoms with Crippen molar-refractivity contribution in [1.82, 2.24) is 30.9 Å². The highest BCUT2D eigenvalue weighted by molar-refractivity contribution is 6.35. The number of pyridine rings is 3. The molecule has 1 aliphatic heterocycles. The van der Waals surface area contributed by atoms with Crippen LogP contribution in [0.1, 0.15) is 40.0 Å². The third kappa shape index (κ3) is 7.65. The molecule has 1 saturated heterocycles. The maximum Gasteiger partial charge on any atom is 0.274 e. The van der Waals surface area contributed by atoms with Crippen LogP contribution in [0.4, 0.5) is 10.1 Å². The van der Waals surface area contributed by atoms with Gasteiger partial charge in [0.05, 0.1) is 35.7 Å². The lowest BCUT2D eigenvalue weighted by Crippen LogP contribution is -2.35. The Labute approximate surface area is 271 Å². The second kappa shape index (κ2) is 15.2. The third-order valence-electron chi connectivity index (χ3n) is 7.68. The first kappa shape index (κ1) is 32.9. The van der Waals surface area contributed by atoms with Crippen LogP contribution in [0, 0.1) is 12.7 Å². The van der Waals surface area contributed by atoms with Crippen molar-refractivity contribution in [2.75, 3.05) is 32.1 Å². The van der Waals surface area contributed by atoms with Crippen molar-refractivity contribution in [2.24, 2.45) is 0 Å². The van der Waals surface area contributed by atoms with E-state index in [2.05, 4.69) is 36.2 Å². The molecule has 46 heavy (non-hydrogen) atoms. The molecule has 1 atom stereocenters. The Balaban J connectivity index is 1.34. The van der Waals surface area contributed by atoms with Crippen molar-refractivity contribution >= 4 is 29.1 Å². The number of rotatable bonds is 13. The highest BCUT2D eigenvalue weighted by atomic mass is 35.5. The van der Waals surface area contributed by atoms with E-state index in [-0.39, 0.29) is 58.9 Å². The Morgan fingerprint density at radius 2 is 2.00 bits per heavy atom. The van der Waals surface area contributed by atoms with Gasteiger partial charge in [0.15, 0.2) is 0 Å². The predicted octanol–water partition coefficient (Wildman–Crippen LogP) is 4.02. The van der Waals surface area contributed by atoms with E-state index >= 15 is 4.39 Å². The van der Waals surface area contributed by atoms with Crippen LogP contribution in [0.3, 0.4) is 0 Å². The van der Waals surface area contributed by atoms with Gasteiger partial charge in [0, 0.05) is 73.9 Å². The molecule has 0 unspecified atom stereocenters. The fraction of sp³-hybridized carbons (Fsp3) is 0.303. The van der Waals surface area contributed by atoms with Crippen LogP contribution in [0.15, 0.2) is 54.9 Å². The molecule has 0 bridgehead atoms. The number of aliphatic hydroxyl groups is 1. The zero-order valence-corrected chi connectivity index (χ0v) is 26.2.